The standard InChI is InChI=1S/C16H23O5P/c1-19-16(17)10-15(13-7-8-13)14-6-4-5-12(9-14)11-22(18,20-2)21-3/h4-6,9,13,15H,7-8,10-11H2,1-3H3. The molecule has 0 aromatic heterocycles. The van der Waals surface area contributed by atoms with Crippen LogP contribution in [0.4, 0.5) is 0 Å². The van der Waals surface area contributed by atoms with E-state index in [0.29, 0.717) is 12.3 Å². The molecule has 1 aromatic carbocycles. The first-order chi connectivity index (χ1) is 10.5. The predicted octanol–water partition coefficient (Wildman–Crippen LogP) is 3.73. The molecule has 5 nitrogen and oxygen atoms in total. The van der Waals surface area contributed by atoms with Gasteiger partial charge in [-0.1, -0.05) is 24.3 Å². The molecule has 0 N–H and O–H groups in total. The average Bonchev–Trinajstić information content (AvgIpc) is 3.37. The first-order valence-corrected chi connectivity index (χ1v) is 9.10. The second kappa shape index (κ2) is 7.40. The van der Waals surface area contributed by atoms with E-state index < -0.39 is 7.60 Å². The van der Waals surface area contributed by atoms with Gasteiger partial charge in [0.2, 0.25) is 0 Å². The third-order valence-corrected chi connectivity index (χ3v) is 5.98. The minimum absolute atomic E-state index is 0.164. The number of carbonyl (C=O) groups excluding carboxylic acids is 1. The molecule has 1 unspecified atom stereocenters. The lowest BCUT2D eigenvalue weighted by atomic mass is 9.90. The van der Waals surface area contributed by atoms with Gasteiger partial charge in [0, 0.05) is 14.2 Å². The molecule has 0 bridgehead atoms. The van der Waals surface area contributed by atoms with Gasteiger partial charge in [0.15, 0.2) is 0 Å². The molecule has 1 fully saturated rings. The maximum absolute atomic E-state index is 12.3. The maximum Gasteiger partial charge on any atom is 0.334 e. The summed E-state index contributed by atoms with van der Waals surface area (Å²) in [5.41, 5.74) is 1.98. The Balaban J connectivity index is 2.18. The molecule has 0 aliphatic heterocycles. The smallest absolute Gasteiger partial charge is 0.334 e. The Morgan fingerprint density at radius 3 is 2.50 bits per heavy atom. The topological polar surface area (TPSA) is 61.8 Å². The summed E-state index contributed by atoms with van der Waals surface area (Å²) in [6, 6.07) is 7.83. The summed E-state index contributed by atoms with van der Waals surface area (Å²) in [7, 11) is 1.10. The van der Waals surface area contributed by atoms with Crippen molar-refractivity contribution in [1.82, 2.24) is 0 Å². The first kappa shape index (κ1) is 17.2. The van der Waals surface area contributed by atoms with Crippen molar-refractivity contribution in [3.63, 3.8) is 0 Å². The Hall–Kier alpha value is -1.16. The molecule has 1 aliphatic carbocycles. The van der Waals surface area contributed by atoms with Crippen LogP contribution in [0.25, 0.3) is 0 Å². The molecule has 1 atom stereocenters. The van der Waals surface area contributed by atoms with E-state index in [9.17, 15) is 9.36 Å². The van der Waals surface area contributed by atoms with Gasteiger partial charge in [-0.05, 0) is 35.8 Å². The van der Waals surface area contributed by atoms with Crippen molar-refractivity contribution in [1.29, 1.82) is 0 Å². The Morgan fingerprint density at radius 2 is 1.95 bits per heavy atom. The molecule has 2 rings (SSSR count). The number of rotatable bonds is 8. The summed E-state index contributed by atoms with van der Waals surface area (Å²) in [6.07, 6.45) is 2.89. The third kappa shape index (κ3) is 4.42. The van der Waals surface area contributed by atoms with Crippen molar-refractivity contribution < 1.29 is 23.1 Å². The monoisotopic (exact) mass is 326 g/mol. The minimum atomic E-state index is -3.09. The molecule has 1 saturated carbocycles. The van der Waals surface area contributed by atoms with Crippen LogP contribution in [0.2, 0.25) is 0 Å². The van der Waals surface area contributed by atoms with Gasteiger partial charge in [-0.2, -0.15) is 0 Å². The number of hydrogen-bond donors (Lipinski definition) is 0. The van der Waals surface area contributed by atoms with Gasteiger partial charge in [-0.15, -0.1) is 0 Å². The Kier molecular flexibility index (Phi) is 5.79. The Morgan fingerprint density at radius 1 is 1.27 bits per heavy atom. The van der Waals surface area contributed by atoms with E-state index in [4.69, 9.17) is 13.8 Å². The number of methoxy groups -OCH3 is 1. The van der Waals surface area contributed by atoms with Crippen molar-refractivity contribution in [3.05, 3.63) is 35.4 Å². The number of ether oxygens (including phenoxy) is 1. The molecule has 0 radical (unpaired) electrons. The van der Waals surface area contributed by atoms with Gasteiger partial charge < -0.3 is 13.8 Å². The summed E-state index contributed by atoms with van der Waals surface area (Å²) in [4.78, 5) is 11.6. The predicted molar refractivity (Wildman–Crippen MR) is 83.9 cm³/mol. The lowest BCUT2D eigenvalue weighted by molar-refractivity contribution is -0.141. The fraction of sp³-hybridized carbons (Fsp3) is 0.562. The van der Waals surface area contributed by atoms with E-state index in [1.54, 1.807) is 0 Å². The molecule has 0 heterocycles. The van der Waals surface area contributed by atoms with E-state index in [-0.39, 0.29) is 18.0 Å². The lowest BCUT2D eigenvalue weighted by Crippen LogP contribution is -2.10. The summed E-state index contributed by atoms with van der Waals surface area (Å²) < 4.78 is 27.0. The Labute approximate surface area is 131 Å². The highest BCUT2D eigenvalue weighted by atomic mass is 31.2. The van der Waals surface area contributed by atoms with Gasteiger partial charge in [-0.25, -0.2) is 0 Å². The normalized spacial score (nSPS) is 16.3. The second-order valence-electron chi connectivity index (χ2n) is 5.60. The van der Waals surface area contributed by atoms with Crippen LogP contribution >= 0.6 is 7.60 Å². The average molecular weight is 326 g/mol. The maximum atomic E-state index is 12.3. The van der Waals surface area contributed by atoms with Crippen molar-refractivity contribution >= 4 is 13.6 Å². The molecular formula is C16H23O5P. The molecule has 1 aromatic rings. The number of carbonyl (C=O) groups is 1. The van der Waals surface area contributed by atoms with Crippen LogP contribution in [0.5, 0.6) is 0 Å². The fourth-order valence-electron chi connectivity index (χ4n) is 2.67. The van der Waals surface area contributed by atoms with Crippen LogP contribution in [0, 0.1) is 5.92 Å². The van der Waals surface area contributed by atoms with E-state index in [0.717, 1.165) is 24.0 Å². The van der Waals surface area contributed by atoms with Gasteiger partial charge in [-0.3, -0.25) is 9.36 Å². The quantitative estimate of drug-likeness (QED) is 0.538. The van der Waals surface area contributed by atoms with Gasteiger partial charge in [0.05, 0.1) is 19.7 Å². The molecule has 0 spiro atoms. The molecular weight excluding hydrogens is 303 g/mol. The second-order valence-corrected chi connectivity index (χ2v) is 7.87. The van der Waals surface area contributed by atoms with Gasteiger partial charge in [0.25, 0.3) is 0 Å². The van der Waals surface area contributed by atoms with Gasteiger partial charge in [0.1, 0.15) is 0 Å². The van der Waals surface area contributed by atoms with Crippen LogP contribution < -0.4 is 0 Å². The van der Waals surface area contributed by atoms with Crippen LogP contribution in [0.3, 0.4) is 0 Å². The van der Waals surface area contributed by atoms with Crippen LogP contribution in [0.1, 0.15) is 36.3 Å². The minimum Gasteiger partial charge on any atom is -0.469 e. The van der Waals surface area contributed by atoms with E-state index in [1.165, 1.54) is 21.3 Å². The molecule has 6 heteroatoms. The zero-order chi connectivity index (χ0) is 16.2. The summed E-state index contributed by atoms with van der Waals surface area (Å²) in [6.45, 7) is 0. The molecule has 0 amide bonds. The molecule has 0 saturated heterocycles. The van der Waals surface area contributed by atoms with Crippen molar-refractivity contribution in [2.45, 2.75) is 31.3 Å². The van der Waals surface area contributed by atoms with Crippen molar-refractivity contribution in [2.75, 3.05) is 21.3 Å². The number of hydrogen-bond acceptors (Lipinski definition) is 5. The van der Waals surface area contributed by atoms with E-state index in [1.807, 2.05) is 24.3 Å². The molecule has 122 valence electrons. The molecule has 1 aliphatic rings. The third-order valence-electron chi connectivity index (χ3n) is 4.12. The highest BCUT2D eigenvalue weighted by Gasteiger charge is 2.34. The highest BCUT2D eigenvalue weighted by Crippen LogP contribution is 2.50. The molecule has 22 heavy (non-hydrogen) atoms. The summed E-state index contributed by atoms with van der Waals surface area (Å²) in [5.74, 6) is 0.504. The zero-order valence-electron chi connectivity index (χ0n) is 13.3. The first-order valence-electron chi connectivity index (χ1n) is 7.37. The summed E-state index contributed by atoms with van der Waals surface area (Å²) in [5, 5.41) is 0. The number of benzene rings is 1. The SMILES string of the molecule is COC(=O)CC(c1cccc(CP(=O)(OC)OC)c1)C1CC1. The van der Waals surface area contributed by atoms with Crippen molar-refractivity contribution in [3.8, 4) is 0 Å². The van der Waals surface area contributed by atoms with Crippen LogP contribution in [0.15, 0.2) is 24.3 Å². The van der Waals surface area contributed by atoms with Crippen molar-refractivity contribution in [2.24, 2.45) is 5.92 Å². The fourth-order valence-corrected chi connectivity index (χ4v) is 3.72. The Bertz CT molecular complexity index is 559. The van der Waals surface area contributed by atoms with Crippen LogP contribution in [-0.2, 0) is 29.3 Å². The van der Waals surface area contributed by atoms with E-state index in [2.05, 4.69) is 0 Å². The zero-order valence-corrected chi connectivity index (χ0v) is 14.2. The van der Waals surface area contributed by atoms with E-state index >= 15 is 0 Å². The largest absolute Gasteiger partial charge is 0.469 e. The number of esters is 1. The highest BCUT2D eigenvalue weighted by molar-refractivity contribution is 7.52. The lowest BCUT2D eigenvalue weighted by Gasteiger charge is -2.18. The summed E-state index contributed by atoms with van der Waals surface area (Å²) >= 11 is 0. The van der Waals surface area contributed by atoms with Gasteiger partial charge >= 0.3 is 13.6 Å². The van der Waals surface area contributed by atoms with Crippen LogP contribution in [-0.4, -0.2) is 27.3 Å².